The highest BCUT2D eigenvalue weighted by Gasteiger charge is 2.49. The molecule has 6 heteroatoms. The monoisotopic (exact) mass is 419 g/mol. The molecule has 0 spiro atoms. The average Bonchev–Trinajstić information content (AvgIpc) is 3.32. The lowest BCUT2D eigenvalue weighted by Crippen LogP contribution is -2.42. The fourth-order valence-corrected chi connectivity index (χ4v) is 4.39. The summed E-state index contributed by atoms with van der Waals surface area (Å²) >= 11 is 0. The highest BCUT2D eigenvalue weighted by atomic mass is 16.2. The molecule has 1 aliphatic carbocycles. The summed E-state index contributed by atoms with van der Waals surface area (Å²) in [6.07, 6.45) is 4.20. The Morgan fingerprint density at radius 2 is 1.84 bits per heavy atom. The Hall–Kier alpha value is -3.15. The van der Waals surface area contributed by atoms with E-state index in [0.29, 0.717) is 11.6 Å². The van der Waals surface area contributed by atoms with Gasteiger partial charge in [-0.15, -0.1) is 0 Å². The molecule has 1 aliphatic heterocycles. The van der Waals surface area contributed by atoms with Crippen LogP contribution in [-0.2, 0) is 28.0 Å². The third-order valence-corrected chi connectivity index (χ3v) is 6.63. The standard InChI is InChI=1S/C25H29N3O3/c1-4-16(2)17-9-12-21(13-10-17)26-22(29)15-28-23(30)25(3,27-24(28)31)20-11-8-18-6-5-7-19(18)14-20/h8-14,16H,4-7,15H2,1-3H3,(H,26,29)(H,27,31)/t16-,25-/m1/s1. The summed E-state index contributed by atoms with van der Waals surface area (Å²) in [6, 6.07) is 13.1. The first-order chi connectivity index (χ1) is 14.8. The topological polar surface area (TPSA) is 78.5 Å². The zero-order chi connectivity index (χ0) is 22.2. The lowest BCUT2D eigenvalue weighted by molar-refractivity contribution is -0.133. The van der Waals surface area contributed by atoms with E-state index in [-0.39, 0.29) is 6.54 Å². The number of hydrogen-bond donors (Lipinski definition) is 2. The number of rotatable bonds is 6. The van der Waals surface area contributed by atoms with Gasteiger partial charge in [0, 0.05) is 5.69 Å². The SMILES string of the molecule is CC[C@@H](C)c1ccc(NC(=O)CN2C(=O)N[C@](C)(c3ccc4c(c3)CCC4)C2=O)cc1. The lowest BCUT2D eigenvalue weighted by atomic mass is 9.89. The molecule has 4 amide bonds. The molecule has 0 unspecified atom stereocenters. The van der Waals surface area contributed by atoms with Crippen LogP contribution >= 0.6 is 0 Å². The first-order valence-electron chi connectivity index (χ1n) is 11.0. The number of nitrogens with zero attached hydrogens (tertiary/aromatic N) is 1. The second kappa shape index (κ2) is 8.17. The molecule has 0 bridgehead atoms. The quantitative estimate of drug-likeness (QED) is 0.692. The number of nitrogens with one attached hydrogen (secondary N) is 2. The van der Waals surface area contributed by atoms with Crippen molar-refractivity contribution in [3.63, 3.8) is 0 Å². The summed E-state index contributed by atoms with van der Waals surface area (Å²) < 4.78 is 0. The van der Waals surface area contributed by atoms with Crippen molar-refractivity contribution < 1.29 is 14.4 Å². The number of anilines is 1. The van der Waals surface area contributed by atoms with Gasteiger partial charge in [0.25, 0.3) is 5.91 Å². The molecule has 162 valence electrons. The number of fused-ring (bicyclic) bond motifs is 1. The maximum Gasteiger partial charge on any atom is 0.325 e. The molecule has 1 heterocycles. The number of benzene rings is 2. The van der Waals surface area contributed by atoms with Gasteiger partial charge in [0.1, 0.15) is 12.1 Å². The number of aryl methyl sites for hydroxylation is 2. The molecule has 2 atom stereocenters. The molecule has 2 N–H and O–H groups in total. The first-order valence-corrected chi connectivity index (χ1v) is 11.0. The smallest absolute Gasteiger partial charge is 0.325 e. The third-order valence-electron chi connectivity index (χ3n) is 6.63. The van der Waals surface area contributed by atoms with Crippen molar-refractivity contribution in [3.8, 4) is 0 Å². The molecular formula is C25H29N3O3. The van der Waals surface area contributed by atoms with E-state index >= 15 is 0 Å². The molecule has 1 saturated heterocycles. The van der Waals surface area contributed by atoms with Crippen molar-refractivity contribution in [2.75, 3.05) is 11.9 Å². The number of carbonyl (C=O) groups excluding carboxylic acids is 3. The van der Waals surface area contributed by atoms with Gasteiger partial charge < -0.3 is 10.6 Å². The second-order valence-electron chi connectivity index (χ2n) is 8.76. The summed E-state index contributed by atoms with van der Waals surface area (Å²) in [5.74, 6) is -0.358. The van der Waals surface area contributed by atoms with Crippen molar-refractivity contribution in [1.29, 1.82) is 0 Å². The van der Waals surface area contributed by atoms with Crippen LogP contribution in [0.15, 0.2) is 42.5 Å². The molecule has 0 radical (unpaired) electrons. The van der Waals surface area contributed by atoms with Gasteiger partial charge >= 0.3 is 6.03 Å². The summed E-state index contributed by atoms with van der Waals surface area (Å²) in [4.78, 5) is 39.2. The van der Waals surface area contributed by atoms with Crippen LogP contribution in [0.5, 0.6) is 0 Å². The van der Waals surface area contributed by atoms with Crippen LogP contribution in [0.25, 0.3) is 0 Å². The van der Waals surface area contributed by atoms with E-state index in [9.17, 15) is 14.4 Å². The molecule has 2 aliphatic rings. The van der Waals surface area contributed by atoms with E-state index in [4.69, 9.17) is 0 Å². The number of hydrogen-bond acceptors (Lipinski definition) is 3. The van der Waals surface area contributed by atoms with Gasteiger partial charge in [-0.25, -0.2) is 4.79 Å². The van der Waals surface area contributed by atoms with Crippen LogP contribution in [0, 0.1) is 0 Å². The van der Waals surface area contributed by atoms with Crippen LogP contribution < -0.4 is 10.6 Å². The van der Waals surface area contributed by atoms with E-state index in [2.05, 4.69) is 24.5 Å². The molecule has 2 aromatic carbocycles. The summed E-state index contributed by atoms with van der Waals surface area (Å²) in [5, 5.41) is 5.57. The normalized spacial score (nSPS) is 21.1. The molecule has 1 fully saturated rings. The summed E-state index contributed by atoms with van der Waals surface area (Å²) in [5.41, 5.74) is 3.99. The Labute approximate surface area is 183 Å². The van der Waals surface area contributed by atoms with E-state index in [1.165, 1.54) is 16.7 Å². The van der Waals surface area contributed by atoms with E-state index in [0.717, 1.165) is 36.1 Å². The number of imide groups is 1. The minimum Gasteiger partial charge on any atom is -0.325 e. The maximum absolute atomic E-state index is 13.1. The van der Waals surface area contributed by atoms with E-state index < -0.39 is 23.4 Å². The van der Waals surface area contributed by atoms with Gasteiger partial charge in [-0.3, -0.25) is 14.5 Å². The van der Waals surface area contributed by atoms with Crippen molar-refractivity contribution in [2.45, 2.75) is 57.9 Å². The van der Waals surface area contributed by atoms with Gasteiger partial charge in [0.15, 0.2) is 0 Å². The van der Waals surface area contributed by atoms with Gasteiger partial charge in [0.2, 0.25) is 5.91 Å². The Balaban J connectivity index is 1.45. The molecule has 6 nitrogen and oxygen atoms in total. The van der Waals surface area contributed by atoms with Gasteiger partial charge in [0.05, 0.1) is 0 Å². The Morgan fingerprint density at radius 1 is 1.13 bits per heavy atom. The number of carbonyl (C=O) groups is 3. The van der Waals surface area contributed by atoms with Gasteiger partial charge in [-0.2, -0.15) is 0 Å². The largest absolute Gasteiger partial charge is 0.325 e. The Kier molecular flexibility index (Phi) is 5.56. The second-order valence-corrected chi connectivity index (χ2v) is 8.76. The van der Waals surface area contributed by atoms with Crippen molar-refractivity contribution >= 4 is 23.5 Å². The van der Waals surface area contributed by atoms with E-state index in [1.807, 2.05) is 42.5 Å². The fourth-order valence-electron chi connectivity index (χ4n) is 4.39. The highest BCUT2D eigenvalue weighted by molar-refractivity contribution is 6.10. The molecule has 2 aromatic rings. The maximum atomic E-state index is 13.1. The Bertz CT molecular complexity index is 1030. The van der Waals surface area contributed by atoms with Crippen LogP contribution in [0.1, 0.15) is 61.8 Å². The van der Waals surface area contributed by atoms with Crippen molar-refractivity contribution in [1.82, 2.24) is 10.2 Å². The lowest BCUT2D eigenvalue weighted by Gasteiger charge is -2.23. The third kappa shape index (κ3) is 3.94. The number of amides is 4. The van der Waals surface area contributed by atoms with Crippen LogP contribution in [-0.4, -0.2) is 29.3 Å². The zero-order valence-corrected chi connectivity index (χ0v) is 18.3. The molecular weight excluding hydrogens is 390 g/mol. The van der Waals surface area contributed by atoms with Crippen LogP contribution in [0.2, 0.25) is 0 Å². The zero-order valence-electron chi connectivity index (χ0n) is 18.3. The highest BCUT2D eigenvalue weighted by Crippen LogP contribution is 2.32. The van der Waals surface area contributed by atoms with Gasteiger partial charge in [-0.05, 0) is 72.9 Å². The fraction of sp³-hybridized carbons (Fsp3) is 0.400. The molecule has 4 rings (SSSR count). The van der Waals surface area contributed by atoms with Crippen molar-refractivity contribution in [3.05, 3.63) is 64.7 Å². The predicted octanol–water partition coefficient (Wildman–Crippen LogP) is 4.09. The first kappa shape index (κ1) is 21.1. The van der Waals surface area contributed by atoms with Gasteiger partial charge in [-0.1, -0.05) is 44.2 Å². The molecule has 0 saturated carbocycles. The molecule has 0 aromatic heterocycles. The molecule has 31 heavy (non-hydrogen) atoms. The average molecular weight is 420 g/mol. The minimum absolute atomic E-state index is 0.321. The summed E-state index contributed by atoms with van der Waals surface area (Å²) in [6.45, 7) is 5.67. The Morgan fingerprint density at radius 3 is 2.55 bits per heavy atom. The van der Waals surface area contributed by atoms with E-state index in [1.54, 1.807) is 6.92 Å². The number of urea groups is 1. The predicted molar refractivity (Wildman–Crippen MR) is 120 cm³/mol. The van der Waals surface area contributed by atoms with Crippen LogP contribution in [0.4, 0.5) is 10.5 Å². The van der Waals surface area contributed by atoms with Crippen molar-refractivity contribution in [2.24, 2.45) is 0 Å². The minimum atomic E-state index is -1.16. The van der Waals surface area contributed by atoms with Crippen LogP contribution in [0.3, 0.4) is 0 Å². The summed E-state index contributed by atoms with van der Waals surface area (Å²) in [7, 11) is 0.